The average molecular weight is 1180 g/mol. The molecule has 0 rings (SSSR count). The monoisotopic (exact) mass is 1180 g/mol. The van der Waals surface area contributed by atoms with Gasteiger partial charge >= 0.3 is 5.97 Å². The third kappa shape index (κ3) is 63.8. The van der Waals surface area contributed by atoms with Crippen LogP contribution in [0.15, 0.2) is 72.9 Å². The zero-order chi connectivity index (χ0) is 60.7. The first kappa shape index (κ1) is 80.5. The number of allylic oxidation sites excluding steroid dienone is 11. The Morgan fingerprint density at radius 1 is 0.422 bits per heavy atom. The summed E-state index contributed by atoms with van der Waals surface area (Å²) in [5.74, 6) is -0.541. The van der Waals surface area contributed by atoms with E-state index >= 15 is 0 Å². The van der Waals surface area contributed by atoms with E-state index in [0.29, 0.717) is 17.4 Å². The Hall–Kier alpha value is -2.55. The number of nitrogens with zero attached hydrogens (tertiary/aromatic N) is 1. The Kier molecular flexibility index (Phi) is 60.6. The fourth-order valence-corrected chi connectivity index (χ4v) is 10.9. The fraction of sp³-hybridized carbons (Fsp3) is 0.808. The number of phosphoric ester groups is 1. The summed E-state index contributed by atoms with van der Waals surface area (Å²) in [7, 11) is 1.18. The molecule has 0 aromatic rings. The lowest BCUT2D eigenvalue weighted by atomic mass is 10.0. The molecule has 3 atom stereocenters. The minimum atomic E-state index is -4.71. The molecule has 1 N–H and O–H groups in total. The van der Waals surface area contributed by atoms with Crippen LogP contribution in [0.3, 0.4) is 0 Å². The first-order valence-corrected chi connectivity index (χ1v) is 36.7. The lowest BCUT2D eigenvalue weighted by molar-refractivity contribution is -0.870. The molecule has 83 heavy (non-hydrogen) atoms. The number of carbonyl (C=O) groups is 2. The molecule has 0 radical (unpaired) electrons. The number of ether oxygens (including phenoxy) is 1. The molecule has 0 saturated carbocycles. The van der Waals surface area contributed by atoms with Crippen LogP contribution < -0.4 is 10.2 Å². The predicted octanol–water partition coefficient (Wildman–Crippen LogP) is 21.7. The summed E-state index contributed by atoms with van der Waals surface area (Å²) in [4.78, 5) is 40.1. The molecule has 0 saturated heterocycles. The van der Waals surface area contributed by atoms with Crippen LogP contribution in [0.25, 0.3) is 0 Å². The van der Waals surface area contributed by atoms with Crippen LogP contribution in [0.1, 0.15) is 329 Å². The highest BCUT2D eigenvalue weighted by molar-refractivity contribution is 7.45. The van der Waals surface area contributed by atoms with E-state index in [1.54, 1.807) is 0 Å². The summed E-state index contributed by atoms with van der Waals surface area (Å²) in [5, 5.41) is 3.04. The van der Waals surface area contributed by atoms with Crippen LogP contribution in [0.5, 0.6) is 0 Å². The molecule has 484 valence electrons. The third-order valence-corrected chi connectivity index (χ3v) is 16.6. The number of rotatable bonds is 64. The zero-order valence-electron chi connectivity index (χ0n) is 55.4. The molecule has 0 bridgehead atoms. The maximum absolute atomic E-state index is 13.6. The van der Waals surface area contributed by atoms with Gasteiger partial charge < -0.3 is 28.5 Å². The Morgan fingerprint density at radius 3 is 1.12 bits per heavy atom. The van der Waals surface area contributed by atoms with E-state index in [9.17, 15) is 19.0 Å². The molecular formula is C73H135N2O7P. The highest BCUT2D eigenvalue weighted by Gasteiger charge is 2.27. The molecule has 0 aliphatic carbocycles. The summed E-state index contributed by atoms with van der Waals surface area (Å²) >= 11 is 0. The van der Waals surface area contributed by atoms with E-state index in [1.165, 1.54) is 205 Å². The van der Waals surface area contributed by atoms with E-state index in [2.05, 4.69) is 86.8 Å². The fourth-order valence-electron chi connectivity index (χ4n) is 10.1. The van der Waals surface area contributed by atoms with Gasteiger partial charge in [-0.1, -0.05) is 287 Å². The molecule has 0 aromatic heterocycles. The first-order chi connectivity index (χ1) is 40.4. The lowest BCUT2D eigenvalue weighted by Gasteiger charge is -2.30. The van der Waals surface area contributed by atoms with Gasteiger partial charge in [-0.3, -0.25) is 14.2 Å². The molecule has 0 fully saturated rings. The number of carbonyl (C=O) groups excluding carboxylic acids is 2. The summed E-state index contributed by atoms with van der Waals surface area (Å²) in [6, 6.07) is -0.894. The van der Waals surface area contributed by atoms with Crippen LogP contribution in [-0.2, 0) is 27.9 Å². The van der Waals surface area contributed by atoms with E-state index in [-0.39, 0.29) is 24.9 Å². The van der Waals surface area contributed by atoms with Crippen LogP contribution >= 0.6 is 7.82 Å². The standard InChI is InChI=1S/C73H135N2O7P/c1-7-10-13-16-19-22-25-27-29-31-33-35-36-37-38-40-42-44-46-48-51-54-57-60-63-66-73(77)82-71(64-61-58-55-52-49-24-21-18-15-12-9-3)70(69-81-83(78,79)80-68-67-75(4,5)6)74-72(76)65-62-59-56-53-50-47-45-43-41-39-34-32-30-28-26-23-20-17-14-11-8-2/h19-20,22-23,27-30,34,39,61,64,70-71H,7-18,21,24-26,31-33,35-38,40-60,62-63,65-69H2,1-6H3,(H-,74,76,78,79)/b22-19-,23-20-,29-27-,30-28-,39-34-,64-61+. The van der Waals surface area contributed by atoms with Gasteiger partial charge in [0.1, 0.15) is 19.3 Å². The van der Waals surface area contributed by atoms with Crippen LogP contribution in [0, 0.1) is 0 Å². The normalized spacial score (nSPS) is 14.0. The van der Waals surface area contributed by atoms with Crippen molar-refractivity contribution in [2.24, 2.45) is 0 Å². The van der Waals surface area contributed by atoms with Gasteiger partial charge in [-0.05, 0) is 102 Å². The maximum Gasteiger partial charge on any atom is 0.306 e. The van der Waals surface area contributed by atoms with Gasteiger partial charge in [-0.15, -0.1) is 0 Å². The van der Waals surface area contributed by atoms with E-state index in [1.807, 2.05) is 33.3 Å². The maximum atomic E-state index is 13.6. The Morgan fingerprint density at radius 2 is 0.735 bits per heavy atom. The number of esters is 1. The molecule has 0 aliphatic rings. The Bertz CT molecular complexity index is 1650. The average Bonchev–Trinajstić information content (AvgIpc) is 3.51. The van der Waals surface area contributed by atoms with Crippen molar-refractivity contribution in [3.05, 3.63) is 72.9 Å². The van der Waals surface area contributed by atoms with Gasteiger partial charge in [0.05, 0.1) is 33.8 Å². The second-order valence-corrected chi connectivity index (χ2v) is 26.4. The minimum Gasteiger partial charge on any atom is -0.756 e. The number of unbranched alkanes of at least 4 members (excludes halogenated alkanes) is 38. The smallest absolute Gasteiger partial charge is 0.306 e. The molecule has 9 nitrogen and oxygen atoms in total. The van der Waals surface area contributed by atoms with Crippen LogP contribution in [0.2, 0.25) is 0 Å². The number of phosphoric acid groups is 1. The summed E-state index contributed by atoms with van der Waals surface area (Å²) in [6.07, 6.45) is 81.7. The molecule has 0 heterocycles. The topological polar surface area (TPSA) is 114 Å². The molecule has 10 heteroatoms. The Balaban J connectivity index is 5.03. The number of likely N-dealkylation sites (N-methyl/N-ethyl adjacent to an activating group) is 1. The number of nitrogens with one attached hydrogen (secondary N) is 1. The second-order valence-electron chi connectivity index (χ2n) is 25.0. The number of hydrogen-bond donors (Lipinski definition) is 1. The minimum absolute atomic E-state index is 0.0250. The van der Waals surface area contributed by atoms with Crippen molar-refractivity contribution in [3.8, 4) is 0 Å². The SMILES string of the molecule is CCCCC/C=C\C/C=C\C/C=C\CCCCCCCCCCC(=O)NC(COP(=O)([O-])OCC[N+](C)(C)C)C(/C=C/CCCCCCCCCCC)OC(=O)CCCCCCCCCCCCCCCCC/C=C\C/C=C\CCCCC. The van der Waals surface area contributed by atoms with Crippen molar-refractivity contribution in [3.63, 3.8) is 0 Å². The molecule has 0 aromatic carbocycles. The number of quaternary nitrogens is 1. The number of hydrogen-bond acceptors (Lipinski definition) is 7. The predicted molar refractivity (Wildman–Crippen MR) is 358 cm³/mol. The van der Waals surface area contributed by atoms with E-state index in [4.69, 9.17) is 13.8 Å². The third-order valence-electron chi connectivity index (χ3n) is 15.6. The van der Waals surface area contributed by atoms with Gasteiger partial charge in [-0.25, -0.2) is 0 Å². The van der Waals surface area contributed by atoms with Gasteiger partial charge in [0.2, 0.25) is 5.91 Å². The summed E-state index contributed by atoms with van der Waals surface area (Å²) in [5.41, 5.74) is 0. The van der Waals surface area contributed by atoms with E-state index in [0.717, 1.165) is 89.9 Å². The quantitative estimate of drug-likeness (QED) is 0.0212. The zero-order valence-corrected chi connectivity index (χ0v) is 56.3. The molecule has 0 aliphatic heterocycles. The second kappa shape index (κ2) is 62.5. The van der Waals surface area contributed by atoms with Crippen LogP contribution in [0.4, 0.5) is 0 Å². The van der Waals surface area contributed by atoms with Crippen LogP contribution in [-0.4, -0.2) is 69.4 Å². The lowest BCUT2D eigenvalue weighted by Crippen LogP contribution is -2.47. The van der Waals surface area contributed by atoms with Gasteiger partial charge in [0.15, 0.2) is 0 Å². The van der Waals surface area contributed by atoms with E-state index < -0.39 is 26.6 Å². The highest BCUT2D eigenvalue weighted by Crippen LogP contribution is 2.38. The molecular weight excluding hydrogens is 1050 g/mol. The van der Waals surface area contributed by atoms with Crippen molar-refractivity contribution >= 4 is 19.7 Å². The van der Waals surface area contributed by atoms with Gasteiger partial charge in [0.25, 0.3) is 7.82 Å². The largest absolute Gasteiger partial charge is 0.756 e. The molecule has 1 amide bonds. The Labute approximate surface area is 514 Å². The highest BCUT2D eigenvalue weighted by atomic mass is 31.2. The van der Waals surface area contributed by atoms with Crippen molar-refractivity contribution in [2.75, 3.05) is 40.9 Å². The van der Waals surface area contributed by atoms with Crippen molar-refractivity contribution in [1.82, 2.24) is 5.32 Å². The number of amides is 1. The molecule has 0 spiro atoms. The van der Waals surface area contributed by atoms with Crippen molar-refractivity contribution in [2.45, 2.75) is 341 Å². The first-order valence-electron chi connectivity index (χ1n) is 35.2. The van der Waals surface area contributed by atoms with Crippen molar-refractivity contribution in [1.29, 1.82) is 0 Å². The van der Waals surface area contributed by atoms with Gasteiger partial charge in [0, 0.05) is 12.8 Å². The van der Waals surface area contributed by atoms with Gasteiger partial charge in [-0.2, -0.15) is 0 Å². The van der Waals surface area contributed by atoms with Crippen molar-refractivity contribution < 1.29 is 37.3 Å². The summed E-state index contributed by atoms with van der Waals surface area (Å²) < 4.78 is 30.4. The summed E-state index contributed by atoms with van der Waals surface area (Å²) in [6.45, 7) is 6.81. The molecule has 3 unspecified atom stereocenters.